The monoisotopic (exact) mass is 500 g/mol. The van der Waals surface area contributed by atoms with E-state index in [9.17, 15) is 18.0 Å². The van der Waals surface area contributed by atoms with Gasteiger partial charge in [-0.15, -0.1) is 0 Å². The Bertz CT molecular complexity index is 1250. The van der Waals surface area contributed by atoms with Crippen molar-refractivity contribution in [3.05, 3.63) is 65.0 Å². The van der Waals surface area contributed by atoms with Gasteiger partial charge in [0.2, 0.25) is 5.88 Å². The number of halogens is 3. The van der Waals surface area contributed by atoms with Crippen molar-refractivity contribution >= 4 is 11.9 Å². The number of ether oxygens (including phenoxy) is 1. The molecule has 7 nitrogen and oxygen atoms in total. The van der Waals surface area contributed by atoms with Crippen LogP contribution in [-0.2, 0) is 10.9 Å². The van der Waals surface area contributed by atoms with Crippen LogP contribution in [0.1, 0.15) is 47.6 Å². The molecule has 0 saturated carbocycles. The fraction of sp³-hybridized carbons (Fsp3) is 0.423. The molecule has 0 radical (unpaired) electrons. The van der Waals surface area contributed by atoms with Crippen molar-refractivity contribution in [1.29, 1.82) is 0 Å². The van der Waals surface area contributed by atoms with Gasteiger partial charge in [0.25, 0.3) is 0 Å². The van der Waals surface area contributed by atoms with Crippen LogP contribution in [0.25, 0.3) is 11.3 Å². The Labute approximate surface area is 206 Å². The zero-order valence-corrected chi connectivity index (χ0v) is 20.1. The highest BCUT2D eigenvalue weighted by Gasteiger charge is 2.44. The van der Waals surface area contributed by atoms with Crippen LogP contribution in [0.15, 0.2) is 47.1 Å². The van der Waals surface area contributed by atoms with E-state index < -0.39 is 11.7 Å². The van der Waals surface area contributed by atoms with Gasteiger partial charge in [0, 0.05) is 36.3 Å². The molecule has 3 aromatic rings. The Morgan fingerprint density at radius 1 is 1.17 bits per heavy atom. The molecule has 1 atom stereocenters. The van der Waals surface area contributed by atoms with Crippen molar-refractivity contribution in [3.63, 3.8) is 0 Å². The first-order chi connectivity index (χ1) is 17.1. The fourth-order valence-corrected chi connectivity index (χ4v) is 4.92. The number of carbonyl (C=O) groups is 1. The van der Waals surface area contributed by atoms with E-state index in [2.05, 4.69) is 15.5 Å². The van der Waals surface area contributed by atoms with Crippen LogP contribution in [0.5, 0.6) is 0 Å². The summed E-state index contributed by atoms with van der Waals surface area (Å²) in [5.41, 5.74) is 2.84. The van der Waals surface area contributed by atoms with E-state index in [1.807, 2.05) is 38.1 Å². The maximum atomic E-state index is 12.9. The molecule has 2 saturated heterocycles. The first kappa shape index (κ1) is 24.3. The number of aromatic nitrogens is 2. The van der Waals surface area contributed by atoms with Crippen molar-refractivity contribution in [2.24, 2.45) is 0 Å². The number of piperidine rings is 1. The van der Waals surface area contributed by atoms with Crippen LogP contribution in [0.2, 0.25) is 0 Å². The number of carbonyl (C=O) groups excluding carboxylic acids is 1. The summed E-state index contributed by atoms with van der Waals surface area (Å²) in [6, 6.07) is 9.98. The molecule has 2 aliphatic rings. The average Bonchev–Trinajstić information content (AvgIpc) is 3.42. The van der Waals surface area contributed by atoms with Crippen molar-refractivity contribution in [2.75, 3.05) is 25.0 Å². The molecule has 4 heterocycles. The largest absolute Gasteiger partial charge is 0.417 e. The zero-order chi connectivity index (χ0) is 25.5. The van der Waals surface area contributed by atoms with Gasteiger partial charge in [0.1, 0.15) is 0 Å². The number of alkyl halides is 3. The lowest BCUT2D eigenvalue weighted by molar-refractivity contribution is -0.137. The van der Waals surface area contributed by atoms with Crippen molar-refractivity contribution in [3.8, 4) is 11.3 Å². The van der Waals surface area contributed by atoms with E-state index in [1.165, 1.54) is 6.07 Å². The number of nitrogens with one attached hydrogen (secondary N) is 1. The molecule has 190 valence electrons. The molecular weight excluding hydrogens is 473 g/mol. The van der Waals surface area contributed by atoms with Gasteiger partial charge < -0.3 is 14.2 Å². The second kappa shape index (κ2) is 9.24. The number of urea groups is 1. The molecule has 2 aromatic heterocycles. The summed E-state index contributed by atoms with van der Waals surface area (Å²) in [5.74, 6) is 0.539. The minimum absolute atomic E-state index is 0.166. The number of anilines is 1. The second-order valence-electron chi connectivity index (χ2n) is 9.59. The lowest BCUT2D eigenvalue weighted by Gasteiger charge is -2.38. The molecule has 1 spiro atoms. The highest BCUT2D eigenvalue weighted by Crippen LogP contribution is 2.43. The minimum atomic E-state index is -4.41. The van der Waals surface area contributed by atoms with Crippen molar-refractivity contribution in [2.45, 2.75) is 50.8 Å². The molecule has 5 rings (SSSR count). The van der Waals surface area contributed by atoms with E-state index in [1.54, 1.807) is 4.90 Å². The number of nitrogens with zero attached hydrogens (tertiary/aromatic N) is 3. The molecule has 2 fully saturated rings. The SMILES string of the molecule is Cc1noc(NC(=O)N2CCC3(CC2)C[C@H](c2cccc(-c4ccc(C(F)(F)F)cn4)c2)CO3)c1C. The topological polar surface area (TPSA) is 80.5 Å². The normalized spacial score (nSPS) is 19.6. The zero-order valence-electron chi connectivity index (χ0n) is 20.1. The summed E-state index contributed by atoms with van der Waals surface area (Å²) in [6.07, 6.45) is -1.26. The summed E-state index contributed by atoms with van der Waals surface area (Å²) in [7, 11) is 0. The van der Waals surface area contributed by atoms with E-state index in [-0.39, 0.29) is 17.6 Å². The molecule has 10 heteroatoms. The minimum Gasteiger partial charge on any atom is -0.374 e. The standard InChI is InChI=1S/C26H27F3N4O3/c1-16-17(2)32-36-23(16)31-24(34)33-10-8-25(9-11-33)13-20(15-35-25)18-4-3-5-19(12-18)22-7-6-21(14-30-22)26(27,28)29/h3-7,12,14,20H,8-11,13,15H2,1-2H3,(H,31,34)/t20-/m0/s1. The van der Waals surface area contributed by atoms with Gasteiger partial charge >= 0.3 is 12.2 Å². The number of aryl methyl sites for hydroxylation is 1. The van der Waals surface area contributed by atoms with E-state index in [4.69, 9.17) is 9.26 Å². The van der Waals surface area contributed by atoms with Gasteiger partial charge in [-0.3, -0.25) is 10.3 Å². The first-order valence-corrected chi connectivity index (χ1v) is 11.9. The summed E-state index contributed by atoms with van der Waals surface area (Å²) in [4.78, 5) is 18.5. The third-order valence-corrected chi connectivity index (χ3v) is 7.29. The van der Waals surface area contributed by atoms with Crippen LogP contribution >= 0.6 is 0 Å². The molecule has 36 heavy (non-hydrogen) atoms. The van der Waals surface area contributed by atoms with E-state index in [0.717, 1.165) is 53.9 Å². The van der Waals surface area contributed by atoms with Gasteiger partial charge in [-0.1, -0.05) is 23.4 Å². The quantitative estimate of drug-likeness (QED) is 0.481. The Kier molecular flexibility index (Phi) is 6.23. The van der Waals surface area contributed by atoms with Crippen molar-refractivity contribution in [1.82, 2.24) is 15.0 Å². The summed E-state index contributed by atoms with van der Waals surface area (Å²) < 4.78 is 50.1. The van der Waals surface area contributed by atoms with Gasteiger partial charge in [-0.2, -0.15) is 13.2 Å². The maximum Gasteiger partial charge on any atom is 0.417 e. The molecule has 1 N–H and O–H groups in total. The van der Waals surface area contributed by atoms with E-state index >= 15 is 0 Å². The Hall–Kier alpha value is -3.40. The Morgan fingerprint density at radius 3 is 2.58 bits per heavy atom. The second-order valence-corrected chi connectivity index (χ2v) is 9.59. The van der Waals surface area contributed by atoms with Crippen molar-refractivity contribution < 1.29 is 27.2 Å². The average molecular weight is 501 g/mol. The number of benzene rings is 1. The third-order valence-electron chi connectivity index (χ3n) is 7.29. The summed E-state index contributed by atoms with van der Waals surface area (Å²) >= 11 is 0. The molecular formula is C26H27F3N4O3. The van der Waals surface area contributed by atoms with Crippen LogP contribution < -0.4 is 5.32 Å². The first-order valence-electron chi connectivity index (χ1n) is 11.9. The van der Waals surface area contributed by atoms with Crippen LogP contribution in [0, 0.1) is 13.8 Å². The number of pyridine rings is 1. The molecule has 0 aliphatic carbocycles. The lowest BCUT2D eigenvalue weighted by atomic mass is 9.83. The summed E-state index contributed by atoms with van der Waals surface area (Å²) in [6.45, 7) is 5.37. The van der Waals surface area contributed by atoms with Gasteiger partial charge in [0.05, 0.1) is 29.2 Å². The number of amides is 2. The highest BCUT2D eigenvalue weighted by atomic mass is 19.4. The number of hydrogen-bond donors (Lipinski definition) is 1. The van der Waals surface area contributed by atoms with Crippen LogP contribution in [-0.4, -0.2) is 46.4 Å². The number of hydrogen-bond acceptors (Lipinski definition) is 5. The van der Waals surface area contributed by atoms with Gasteiger partial charge in [0.15, 0.2) is 0 Å². The molecule has 2 amide bonds. The molecule has 2 aliphatic heterocycles. The number of likely N-dealkylation sites (tertiary alicyclic amines) is 1. The van der Waals surface area contributed by atoms with Crippen LogP contribution in [0.4, 0.5) is 23.8 Å². The van der Waals surface area contributed by atoms with Gasteiger partial charge in [-0.05, 0) is 56.9 Å². The predicted octanol–water partition coefficient (Wildman–Crippen LogP) is 5.94. The smallest absolute Gasteiger partial charge is 0.374 e. The molecule has 0 unspecified atom stereocenters. The van der Waals surface area contributed by atoms with E-state index in [0.29, 0.717) is 31.3 Å². The van der Waals surface area contributed by atoms with Crippen LogP contribution in [0.3, 0.4) is 0 Å². The molecule has 1 aromatic carbocycles. The third kappa shape index (κ3) is 4.82. The fourth-order valence-electron chi connectivity index (χ4n) is 4.92. The van der Waals surface area contributed by atoms with Gasteiger partial charge in [-0.25, -0.2) is 4.79 Å². The lowest BCUT2D eigenvalue weighted by Crippen LogP contribution is -2.47. The molecule has 0 bridgehead atoms. The Morgan fingerprint density at radius 2 is 1.94 bits per heavy atom. The number of rotatable bonds is 3. The Balaban J connectivity index is 1.21. The summed E-state index contributed by atoms with van der Waals surface area (Å²) in [5, 5.41) is 6.67. The highest BCUT2D eigenvalue weighted by molar-refractivity contribution is 5.88. The maximum absolute atomic E-state index is 12.9. The predicted molar refractivity (Wildman–Crippen MR) is 127 cm³/mol.